The molecule has 0 radical (unpaired) electrons. The van der Waals surface area contributed by atoms with Gasteiger partial charge in [0.15, 0.2) is 0 Å². The van der Waals surface area contributed by atoms with Gasteiger partial charge in [0.05, 0.1) is 0 Å². The first-order chi connectivity index (χ1) is 4.35. The summed E-state index contributed by atoms with van der Waals surface area (Å²) in [6.07, 6.45) is 7.02. The van der Waals surface area contributed by atoms with E-state index in [9.17, 15) is 0 Å². The molecule has 0 aromatic heterocycles. The molecule has 1 nitrogen and oxygen atoms in total. The van der Waals surface area contributed by atoms with Crippen molar-refractivity contribution in [1.82, 2.24) is 0 Å². The van der Waals surface area contributed by atoms with Crippen LogP contribution in [0.2, 0.25) is 0 Å². The van der Waals surface area contributed by atoms with Crippen LogP contribution < -0.4 is 0 Å². The van der Waals surface area contributed by atoms with Crippen molar-refractivity contribution in [2.24, 2.45) is 4.99 Å². The maximum atomic E-state index is 3.81. The lowest BCUT2D eigenvalue weighted by molar-refractivity contribution is 1.47. The molecule has 0 aliphatic rings. The zero-order chi connectivity index (χ0) is 7.11. The minimum absolute atomic E-state index is 0.979. The molecular weight excluding hydrogens is 110 g/mol. The Balaban J connectivity index is 4.13. The van der Waals surface area contributed by atoms with Gasteiger partial charge in [-0.05, 0) is 5.57 Å². The molecule has 0 saturated heterocycles. The molecule has 0 aromatic carbocycles. The summed E-state index contributed by atoms with van der Waals surface area (Å²) in [5.41, 5.74) is 0.979. The fourth-order valence-electron chi connectivity index (χ4n) is 0.449. The van der Waals surface area contributed by atoms with Crippen molar-refractivity contribution in [3.63, 3.8) is 0 Å². The third-order valence-corrected chi connectivity index (χ3v) is 0.824. The first kappa shape index (κ1) is 7.89. The van der Waals surface area contributed by atoms with E-state index >= 15 is 0 Å². The molecule has 48 valence electrons. The fraction of sp³-hybridized carbons (Fsp3) is 0.125. The van der Waals surface area contributed by atoms with Gasteiger partial charge in [-0.3, -0.25) is 4.99 Å². The zero-order valence-corrected chi connectivity index (χ0v) is 5.67. The van der Waals surface area contributed by atoms with Crippen LogP contribution in [0.5, 0.6) is 0 Å². The molecule has 0 rings (SSSR count). The second kappa shape index (κ2) is 5.04. The van der Waals surface area contributed by atoms with Gasteiger partial charge in [-0.15, -0.1) is 0 Å². The van der Waals surface area contributed by atoms with Crippen LogP contribution in [0.3, 0.4) is 0 Å². The molecule has 0 N–H and O–H groups in total. The highest BCUT2D eigenvalue weighted by molar-refractivity contribution is 5.82. The molecule has 0 heterocycles. The smallest absolute Gasteiger partial charge is 0.0281 e. The number of hydrogen-bond acceptors (Lipinski definition) is 1. The van der Waals surface area contributed by atoms with Gasteiger partial charge in [0, 0.05) is 13.3 Å². The van der Waals surface area contributed by atoms with Crippen LogP contribution in [-0.4, -0.2) is 13.3 Å². The topological polar surface area (TPSA) is 12.4 Å². The van der Waals surface area contributed by atoms with E-state index in [2.05, 4.69) is 18.2 Å². The van der Waals surface area contributed by atoms with Gasteiger partial charge < -0.3 is 0 Å². The number of rotatable bonds is 3. The lowest BCUT2D eigenvalue weighted by Gasteiger charge is -1.84. The summed E-state index contributed by atoms with van der Waals surface area (Å²) >= 11 is 0. The molecular formula is C8H11N. The third-order valence-electron chi connectivity index (χ3n) is 0.824. The SMILES string of the molecule is C=C/C=C(C=C)\C=N/C. The van der Waals surface area contributed by atoms with E-state index in [1.54, 1.807) is 25.4 Å². The number of nitrogens with zero attached hydrogens (tertiary/aromatic N) is 1. The number of hydrogen-bond donors (Lipinski definition) is 0. The van der Waals surface area contributed by atoms with E-state index in [1.165, 1.54) is 0 Å². The molecule has 0 fully saturated rings. The monoisotopic (exact) mass is 121 g/mol. The Morgan fingerprint density at radius 1 is 1.44 bits per heavy atom. The minimum Gasteiger partial charge on any atom is -0.296 e. The molecule has 0 unspecified atom stereocenters. The van der Waals surface area contributed by atoms with Crippen LogP contribution in [0.4, 0.5) is 0 Å². The van der Waals surface area contributed by atoms with Gasteiger partial charge in [0.1, 0.15) is 0 Å². The summed E-state index contributed by atoms with van der Waals surface area (Å²) < 4.78 is 0. The summed E-state index contributed by atoms with van der Waals surface area (Å²) in [5.74, 6) is 0. The van der Waals surface area contributed by atoms with Crippen molar-refractivity contribution in [3.8, 4) is 0 Å². The van der Waals surface area contributed by atoms with Crippen molar-refractivity contribution in [2.75, 3.05) is 7.05 Å². The van der Waals surface area contributed by atoms with Crippen LogP contribution in [0.15, 0.2) is 42.0 Å². The molecule has 0 aliphatic carbocycles. The van der Waals surface area contributed by atoms with E-state index < -0.39 is 0 Å². The van der Waals surface area contributed by atoms with Gasteiger partial charge in [0.2, 0.25) is 0 Å². The Hall–Kier alpha value is -1.11. The maximum Gasteiger partial charge on any atom is 0.0281 e. The molecule has 1 heteroatoms. The van der Waals surface area contributed by atoms with Crippen molar-refractivity contribution in [2.45, 2.75) is 0 Å². The molecule has 9 heavy (non-hydrogen) atoms. The first-order valence-corrected chi connectivity index (χ1v) is 2.72. The van der Waals surface area contributed by atoms with Crippen LogP contribution in [0.1, 0.15) is 0 Å². The predicted octanol–water partition coefficient (Wildman–Crippen LogP) is 1.99. The molecule has 0 aromatic rings. The standard InChI is InChI=1S/C8H11N/c1-4-6-8(5-2)7-9-3/h4-7H,1-2H2,3H3/b8-6-,9-7-. The van der Waals surface area contributed by atoms with Crippen LogP contribution in [0, 0.1) is 0 Å². The second-order valence-electron chi connectivity index (χ2n) is 1.49. The van der Waals surface area contributed by atoms with Gasteiger partial charge in [0.25, 0.3) is 0 Å². The zero-order valence-electron chi connectivity index (χ0n) is 5.67. The highest BCUT2D eigenvalue weighted by Gasteiger charge is 1.77. The highest BCUT2D eigenvalue weighted by atomic mass is 14.6. The van der Waals surface area contributed by atoms with Gasteiger partial charge in [-0.25, -0.2) is 0 Å². The summed E-state index contributed by atoms with van der Waals surface area (Å²) in [5, 5.41) is 0. The van der Waals surface area contributed by atoms with Crippen LogP contribution in [0.25, 0.3) is 0 Å². The summed E-state index contributed by atoms with van der Waals surface area (Å²) in [6, 6.07) is 0. The highest BCUT2D eigenvalue weighted by Crippen LogP contribution is 1.90. The van der Waals surface area contributed by atoms with Crippen molar-refractivity contribution >= 4 is 6.21 Å². The van der Waals surface area contributed by atoms with E-state index in [1.807, 2.05) is 6.08 Å². The van der Waals surface area contributed by atoms with E-state index in [4.69, 9.17) is 0 Å². The van der Waals surface area contributed by atoms with E-state index in [0.717, 1.165) is 5.57 Å². The molecule has 0 atom stereocenters. The Bertz CT molecular complexity index is 152. The summed E-state index contributed by atoms with van der Waals surface area (Å²) in [7, 11) is 1.72. The summed E-state index contributed by atoms with van der Waals surface area (Å²) in [4.78, 5) is 3.81. The molecule has 0 aliphatic heterocycles. The fourth-order valence-corrected chi connectivity index (χ4v) is 0.449. The molecule has 0 saturated carbocycles. The normalized spacial score (nSPS) is 11.9. The lowest BCUT2D eigenvalue weighted by atomic mass is 10.3. The molecule has 0 spiro atoms. The molecule has 0 bridgehead atoms. The van der Waals surface area contributed by atoms with Crippen LogP contribution in [-0.2, 0) is 0 Å². The molecule has 0 amide bonds. The van der Waals surface area contributed by atoms with Crippen molar-refractivity contribution < 1.29 is 0 Å². The van der Waals surface area contributed by atoms with Crippen molar-refractivity contribution in [1.29, 1.82) is 0 Å². The average Bonchev–Trinajstić information content (AvgIpc) is 1.88. The quantitative estimate of drug-likeness (QED) is 0.400. The Morgan fingerprint density at radius 2 is 2.11 bits per heavy atom. The Labute approximate surface area is 56.1 Å². The van der Waals surface area contributed by atoms with Gasteiger partial charge in [-0.1, -0.05) is 31.4 Å². The Morgan fingerprint density at radius 3 is 2.44 bits per heavy atom. The maximum absolute atomic E-state index is 3.81. The number of aliphatic imine (C=N–C) groups is 1. The lowest BCUT2D eigenvalue weighted by Crippen LogP contribution is -1.75. The number of allylic oxidation sites excluding steroid dienone is 4. The first-order valence-electron chi connectivity index (χ1n) is 2.72. The average molecular weight is 121 g/mol. The van der Waals surface area contributed by atoms with Crippen molar-refractivity contribution in [3.05, 3.63) is 37.0 Å². The summed E-state index contributed by atoms with van der Waals surface area (Å²) in [6.45, 7) is 7.14. The van der Waals surface area contributed by atoms with E-state index in [-0.39, 0.29) is 0 Å². The van der Waals surface area contributed by atoms with E-state index in [0.29, 0.717) is 0 Å². The Kier molecular flexibility index (Phi) is 4.41. The largest absolute Gasteiger partial charge is 0.296 e. The third kappa shape index (κ3) is 3.47. The van der Waals surface area contributed by atoms with Gasteiger partial charge >= 0.3 is 0 Å². The van der Waals surface area contributed by atoms with Crippen LogP contribution >= 0.6 is 0 Å². The van der Waals surface area contributed by atoms with Gasteiger partial charge in [-0.2, -0.15) is 0 Å². The minimum atomic E-state index is 0.979. The predicted molar refractivity (Wildman–Crippen MR) is 42.9 cm³/mol. The second-order valence-corrected chi connectivity index (χ2v) is 1.49.